The van der Waals surface area contributed by atoms with Crippen molar-refractivity contribution in [2.75, 3.05) is 0 Å². The molecule has 1 saturated heterocycles. The van der Waals surface area contributed by atoms with Crippen LogP contribution in [0.15, 0.2) is 48.5 Å². The number of nitrogens with zero attached hydrogens (tertiary/aromatic N) is 2. The number of carbonyl (C=O) groups excluding carboxylic acids is 1. The molecule has 1 N–H and O–H groups in total. The summed E-state index contributed by atoms with van der Waals surface area (Å²) < 4.78 is 0. The minimum atomic E-state index is -0.671. The number of hydrogen-bond donors (Lipinski definition) is 1. The van der Waals surface area contributed by atoms with Crippen LogP contribution in [0.2, 0.25) is 0 Å². The zero-order valence-corrected chi connectivity index (χ0v) is 15.9. The van der Waals surface area contributed by atoms with Gasteiger partial charge in [-0.2, -0.15) is 0 Å². The molecule has 0 radical (unpaired) electrons. The van der Waals surface area contributed by atoms with Crippen molar-refractivity contribution in [2.45, 2.75) is 38.3 Å². The van der Waals surface area contributed by atoms with Gasteiger partial charge in [0.15, 0.2) is 0 Å². The van der Waals surface area contributed by atoms with Crippen molar-refractivity contribution in [1.29, 1.82) is 0 Å². The van der Waals surface area contributed by atoms with Crippen molar-refractivity contribution in [3.63, 3.8) is 0 Å². The lowest BCUT2D eigenvalue weighted by atomic mass is 9.59. The van der Waals surface area contributed by atoms with E-state index in [1.807, 2.05) is 6.92 Å². The number of rotatable bonds is 4. The highest BCUT2D eigenvalue weighted by Crippen LogP contribution is 2.53. The molecule has 150 valence electrons. The molecule has 8 heteroatoms. The van der Waals surface area contributed by atoms with E-state index >= 15 is 0 Å². The van der Waals surface area contributed by atoms with E-state index in [0.29, 0.717) is 17.5 Å². The zero-order chi connectivity index (χ0) is 20.8. The summed E-state index contributed by atoms with van der Waals surface area (Å²) in [6, 6.07) is 11.9. The molecule has 1 saturated carbocycles. The van der Waals surface area contributed by atoms with Crippen LogP contribution in [0.3, 0.4) is 0 Å². The minimum absolute atomic E-state index is 0.0206. The topological polar surface area (TPSA) is 115 Å². The highest BCUT2D eigenvalue weighted by molar-refractivity contribution is 5.90. The smallest absolute Gasteiger partial charge is 0.269 e. The molecule has 8 nitrogen and oxygen atoms in total. The van der Waals surface area contributed by atoms with Gasteiger partial charge in [-0.15, -0.1) is 0 Å². The summed E-state index contributed by atoms with van der Waals surface area (Å²) in [5.74, 6) is -0.152. The Kier molecular flexibility index (Phi) is 4.66. The number of fused-ring (bicyclic) bond motifs is 2. The molecular formula is C21H21N3O5. The van der Waals surface area contributed by atoms with E-state index in [2.05, 4.69) is 5.32 Å². The number of non-ortho nitro benzene ring substituents is 2. The number of ketones is 1. The molecule has 2 aliphatic rings. The number of benzene rings is 2. The lowest BCUT2D eigenvalue weighted by Crippen LogP contribution is -2.56. The maximum atomic E-state index is 13.4. The van der Waals surface area contributed by atoms with E-state index in [0.717, 1.165) is 12.8 Å². The standard InChI is InChI=1S/C21H21N3O5/c1-21-10-4-9-17(20(21)25)18(13-5-2-7-15(11-13)23(26)27)22-19(21)14-6-3-8-16(12-14)24(28)29/h2-3,5-8,11-12,17-19,22H,4,9-10H2,1H3/t17?,18-,19+,21?/m0/s1. The molecule has 1 aliphatic heterocycles. The maximum absolute atomic E-state index is 13.4. The van der Waals surface area contributed by atoms with Gasteiger partial charge in [0, 0.05) is 47.7 Å². The number of nitro groups is 2. The number of carbonyl (C=O) groups is 1. The molecule has 2 aromatic carbocycles. The second-order valence-electron chi connectivity index (χ2n) is 8.06. The first-order chi connectivity index (χ1) is 13.8. The summed E-state index contributed by atoms with van der Waals surface area (Å²) in [5.41, 5.74) is 0.663. The number of piperidine rings is 1. The Morgan fingerprint density at radius 2 is 1.59 bits per heavy atom. The Morgan fingerprint density at radius 1 is 1.00 bits per heavy atom. The molecular weight excluding hydrogens is 374 g/mol. The van der Waals surface area contributed by atoms with Crippen LogP contribution in [0.1, 0.15) is 49.4 Å². The van der Waals surface area contributed by atoms with E-state index in [1.54, 1.807) is 24.3 Å². The molecule has 4 rings (SSSR count). The minimum Gasteiger partial charge on any atom is -0.301 e. The van der Waals surface area contributed by atoms with Gasteiger partial charge >= 0.3 is 0 Å². The monoisotopic (exact) mass is 395 g/mol. The van der Waals surface area contributed by atoms with Gasteiger partial charge in [0.25, 0.3) is 11.4 Å². The summed E-state index contributed by atoms with van der Waals surface area (Å²) >= 11 is 0. The van der Waals surface area contributed by atoms with Crippen molar-refractivity contribution in [1.82, 2.24) is 5.32 Å². The molecule has 1 heterocycles. The first-order valence-electron chi connectivity index (χ1n) is 9.60. The largest absolute Gasteiger partial charge is 0.301 e. The van der Waals surface area contributed by atoms with Crippen LogP contribution in [0.4, 0.5) is 11.4 Å². The first kappa shape index (κ1) is 19.2. The van der Waals surface area contributed by atoms with Crippen molar-refractivity contribution < 1.29 is 14.6 Å². The van der Waals surface area contributed by atoms with Gasteiger partial charge in [-0.1, -0.05) is 37.6 Å². The van der Waals surface area contributed by atoms with Crippen LogP contribution < -0.4 is 5.32 Å². The fraction of sp³-hybridized carbons (Fsp3) is 0.381. The third-order valence-electron chi connectivity index (χ3n) is 6.35. The van der Waals surface area contributed by atoms with Gasteiger partial charge in [0.1, 0.15) is 5.78 Å². The zero-order valence-electron chi connectivity index (χ0n) is 15.9. The summed E-state index contributed by atoms with van der Waals surface area (Å²) in [6.07, 6.45) is 2.28. The second-order valence-corrected chi connectivity index (χ2v) is 8.06. The molecule has 1 aliphatic carbocycles. The second kappa shape index (κ2) is 7.04. The van der Waals surface area contributed by atoms with E-state index in [1.165, 1.54) is 24.3 Å². The molecule has 0 aromatic heterocycles. The molecule has 2 bridgehead atoms. The van der Waals surface area contributed by atoms with Crippen molar-refractivity contribution >= 4 is 17.2 Å². The Hall–Kier alpha value is -3.13. The number of hydrogen-bond acceptors (Lipinski definition) is 6. The lowest BCUT2D eigenvalue weighted by Gasteiger charge is -2.51. The lowest BCUT2D eigenvalue weighted by molar-refractivity contribution is -0.385. The average molecular weight is 395 g/mol. The molecule has 29 heavy (non-hydrogen) atoms. The normalized spacial score (nSPS) is 28.7. The first-order valence-corrected chi connectivity index (χ1v) is 9.60. The van der Waals surface area contributed by atoms with Gasteiger partial charge in [-0.25, -0.2) is 0 Å². The van der Waals surface area contributed by atoms with Crippen LogP contribution in [0.25, 0.3) is 0 Å². The third kappa shape index (κ3) is 3.19. The highest BCUT2D eigenvalue weighted by atomic mass is 16.6. The van der Waals surface area contributed by atoms with Crippen LogP contribution in [0, 0.1) is 31.6 Å². The number of nitro benzene ring substituents is 2. The van der Waals surface area contributed by atoms with Crippen LogP contribution >= 0.6 is 0 Å². The van der Waals surface area contributed by atoms with Gasteiger partial charge in [-0.05, 0) is 24.0 Å². The molecule has 0 amide bonds. The third-order valence-corrected chi connectivity index (χ3v) is 6.35. The van der Waals surface area contributed by atoms with Crippen LogP contribution in [-0.4, -0.2) is 15.6 Å². The summed E-state index contributed by atoms with van der Waals surface area (Å²) in [5, 5.41) is 26.0. The average Bonchev–Trinajstić information content (AvgIpc) is 2.70. The van der Waals surface area contributed by atoms with E-state index in [9.17, 15) is 25.0 Å². The molecule has 4 atom stereocenters. The Labute approximate surface area is 167 Å². The Bertz CT molecular complexity index is 1010. The van der Waals surface area contributed by atoms with Crippen LogP contribution in [-0.2, 0) is 4.79 Å². The van der Waals surface area contributed by atoms with E-state index in [-0.39, 0.29) is 29.1 Å². The summed E-state index contributed by atoms with van der Waals surface area (Å²) in [6.45, 7) is 1.92. The van der Waals surface area contributed by atoms with Crippen molar-refractivity contribution in [3.05, 3.63) is 79.9 Å². The Morgan fingerprint density at radius 3 is 2.21 bits per heavy atom. The van der Waals surface area contributed by atoms with Crippen molar-refractivity contribution in [3.8, 4) is 0 Å². The SMILES string of the molecule is CC12CCCC(C1=O)[C@H](c1cccc([N+](=O)[O-])c1)N[C@@H]2c1cccc([N+](=O)[O-])c1. The van der Waals surface area contributed by atoms with Gasteiger partial charge in [-0.3, -0.25) is 25.0 Å². The predicted molar refractivity (Wildman–Crippen MR) is 105 cm³/mol. The number of nitrogens with one attached hydrogen (secondary N) is 1. The fourth-order valence-corrected chi connectivity index (χ4v) is 4.89. The Balaban J connectivity index is 1.79. The molecule has 2 aromatic rings. The summed E-state index contributed by atoms with van der Waals surface area (Å²) in [4.78, 5) is 35.0. The predicted octanol–water partition coefficient (Wildman–Crippen LogP) is 4.26. The molecule has 2 fully saturated rings. The van der Waals surface area contributed by atoms with Gasteiger partial charge in [0.2, 0.25) is 0 Å². The number of Topliss-reactive ketones (excluding diaryl/α,β-unsaturated/α-hetero) is 1. The van der Waals surface area contributed by atoms with E-state index in [4.69, 9.17) is 0 Å². The van der Waals surface area contributed by atoms with Gasteiger partial charge in [0.05, 0.1) is 9.85 Å². The van der Waals surface area contributed by atoms with Crippen molar-refractivity contribution in [2.24, 2.45) is 11.3 Å². The summed E-state index contributed by atoms with van der Waals surface area (Å²) in [7, 11) is 0. The molecule has 2 unspecified atom stereocenters. The molecule has 0 spiro atoms. The highest BCUT2D eigenvalue weighted by Gasteiger charge is 2.54. The van der Waals surface area contributed by atoms with Crippen LogP contribution in [0.5, 0.6) is 0 Å². The quantitative estimate of drug-likeness (QED) is 0.611. The van der Waals surface area contributed by atoms with Gasteiger partial charge < -0.3 is 5.32 Å². The van der Waals surface area contributed by atoms with E-state index < -0.39 is 21.3 Å². The fourth-order valence-electron chi connectivity index (χ4n) is 4.89. The maximum Gasteiger partial charge on any atom is 0.269 e.